The number of rotatable bonds is 6. The van der Waals surface area contributed by atoms with Crippen LogP contribution in [-0.4, -0.2) is 55.1 Å². The number of nitrogens with one attached hydrogen (secondary N) is 2. The Morgan fingerprint density at radius 2 is 2.23 bits per heavy atom. The van der Waals surface area contributed by atoms with Crippen LogP contribution in [0.3, 0.4) is 0 Å². The van der Waals surface area contributed by atoms with Crippen LogP contribution >= 0.6 is 0 Å². The molecule has 1 saturated carbocycles. The first kappa shape index (κ1) is 15.1. The standard InChI is InChI=1S/C15H21N3O4/c19-14(16-8-12-2-1-6-21-12)10-18-5-7-22-13(9-18)15(20)17-11-3-4-11/h1-2,6,11,13H,3-5,7-10H2,(H,16,19)(H,17,20). The number of ether oxygens (including phenoxy) is 1. The summed E-state index contributed by atoms with van der Waals surface area (Å²) in [6.45, 7) is 2.21. The zero-order chi connectivity index (χ0) is 15.4. The number of amides is 2. The van der Waals surface area contributed by atoms with E-state index in [1.807, 2.05) is 11.0 Å². The number of hydrogen-bond acceptors (Lipinski definition) is 5. The average molecular weight is 307 g/mol. The molecule has 1 aromatic rings. The summed E-state index contributed by atoms with van der Waals surface area (Å²) in [4.78, 5) is 25.9. The van der Waals surface area contributed by atoms with E-state index in [4.69, 9.17) is 9.15 Å². The van der Waals surface area contributed by atoms with Crippen molar-refractivity contribution < 1.29 is 18.7 Å². The third kappa shape index (κ3) is 4.32. The first-order chi connectivity index (χ1) is 10.7. The number of morpholine rings is 1. The summed E-state index contributed by atoms with van der Waals surface area (Å²) < 4.78 is 10.7. The molecule has 0 radical (unpaired) electrons. The molecule has 2 N–H and O–H groups in total. The molecule has 22 heavy (non-hydrogen) atoms. The summed E-state index contributed by atoms with van der Waals surface area (Å²) >= 11 is 0. The van der Waals surface area contributed by atoms with E-state index < -0.39 is 6.10 Å². The number of carbonyl (C=O) groups excluding carboxylic acids is 2. The van der Waals surface area contributed by atoms with Crippen LogP contribution in [0.4, 0.5) is 0 Å². The molecule has 1 aromatic heterocycles. The van der Waals surface area contributed by atoms with Crippen LogP contribution in [0.25, 0.3) is 0 Å². The van der Waals surface area contributed by atoms with Gasteiger partial charge in [-0.25, -0.2) is 0 Å². The van der Waals surface area contributed by atoms with Gasteiger partial charge >= 0.3 is 0 Å². The molecule has 120 valence electrons. The molecule has 1 atom stereocenters. The molecule has 0 aromatic carbocycles. The van der Waals surface area contributed by atoms with Gasteiger partial charge in [0.15, 0.2) is 0 Å². The van der Waals surface area contributed by atoms with Gasteiger partial charge in [0.2, 0.25) is 5.91 Å². The lowest BCUT2D eigenvalue weighted by Gasteiger charge is -2.31. The Balaban J connectivity index is 1.41. The fourth-order valence-corrected chi connectivity index (χ4v) is 2.38. The summed E-state index contributed by atoms with van der Waals surface area (Å²) in [5.41, 5.74) is 0. The molecule has 2 aliphatic rings. The molecular formula is C15H21N3O4. The second kappa shape index (κ2) is 6.93. The summed E-state index contributed by atoms with van der Waals surface area (Å²) in [6, 6.07) is 3.92. The van der Waals surface area contributed by atoms with Crippen LogP contribution in [0.5, 0.6) is 0 Å². The summed E-state index contributed by atoms with van der Waals surface area (Å²) in [7, 11) is 0. The summed E-state index contributed by atoms with van der Waals surface area (Å²) in [6.07, 6.45) is 3.20. The van der Waals surface area contributed by atoms with Crippen LogP contribution in [-0.2, 0) is 20.9 Å². The van der Waals surface area contributed by atoms with Crippen molar-refractivity contribution in [2.24, 2.45) is 0 Å². The Bertz CT molecular complexity index is 513. The van der Waals surface area contributed by atoms with Gasteiger partial charge in [0.05, 0.1) is 26.0 Å². The van der Waals surface area contributed by atoms with Crippen molar-refractivity contribution in [1.29, 1.82) is 0 Å². The van der Waals surface area contributed by atoms with E-state index in [0.717, 1.165) is 18.6 Å². The van der Waals surface area contributed by atoms with E-state index >= 15 is 0 Å². The lowest BCUT2D eigenvalue weighted by Crippen LogP contribution is -2.52. The summed E-state index contributed by atoms with van der Waals surface area (Å²) in [5.74, 6) is 0.569. The number of carbonyl (C=O) groups is 2. The van der Waals surface area contributed by atoms with Crippen molar-refractivity contribution in [2.45, 2.75) is 31.5 Å². The molecule has 7 nitrogen and oxygen atoms in total. The second-order valence-electron chi connectivity index (χ2n) is 5.73. The molecule has 0 spiro atoms. The quantitative estimate of drug-likeness (QED) is 0.765. The van der Waals surface area contributed by atoms with Gasteiger partial charge in [-0.05, 0) is 25.0 Å². The monoisotopic (exact) mass is 307 g/mol. The van der Waals surface area contributed by atoms with Gasteiger partial charge in [0.25, 0.3) is 5.91 Å². The molecule has 1 aliphatic heterocycles. The van der Waals surface area contributed by atoms with Crippen molar-refractivity contribution >= 4 is 11.8 Å². The second-order valence-corrected chi connectivity index (χ2v) is 5.73. The average Bonchev–Trinajstić information content (AvgIpc) is 3.17. The number of furan rings is 1. The molecule has 7 heteroatoms. The first-order valence-electron chi connectivity index (χ1n) is 7.64. The van der Waals surface area contributed by atoms with Gasteiger partial charge < -0.3 is 19.8 Å². The van der Waals surface area contributed by atoms with Gasteiger partial charge in [0, 0.05) is 19.1 Å². The number of hydrogen-bond donors (Lipinski definition) is 2. The highest BCUT2D eigenvalue weighted by Gasteiger charge is 2.31. The van der Waals surface area contributed by atoms with Crippen molar-refractivity contribution in [3.05, 3.63) is 24.2 Å². The van der Waals surface area contributed by atoms with Gasteiger partial charge in [0.1, 0.15) is 11.9 Å². The Kier molecular flexibility index (Phi) is 4.74. The van der Waals surface area contributed by atoms with Gasteiger partial charge in [-0.2, -0.15) is 0 Å². The van der Waals surface area contributed by atoms with E-state index in [9.17, 15) is 9.59 Å². The minimum Gasteiger partial charge on any atom is -0.467 e. The van der Waals surface area contributed by atoms with E-state index in [1.165, 1.54) is 0 Å². The fourth-order valence-electron chi connectivity index (χ4n) is 2.38. The largest absolute Gasteiger partial charge is 0.467 e. The van der Waals surface area contributed by atoms with Gasteiger partial charge in [-0.15, -0.1) is 0 Å². The van der Waals surface area contributed by atoms with E-state index in [-0.39, 0.29) is 18.4 Å². The Morgan fingerprint density at radius 1 is 1.36 bits per heavy atom. The Labute approximate surface area is 129 Å². The van der Waals surface area contributed by atoms with Crippen molar-refractivity contribution in [2.75, 3.05) is 26.2 Å². The third-order valence-corrected chi connectivity index (χ3v) is 3.77. The molecule has 2 fully saturated rings. The van der Waals surface area contributed by atoms with Crippen LogP contribution in [0.15, 0.2) is 22.8 Å². The smallest absolute Gasteiger partial charge is 0.250 e. The fraction of sp³-hybridized carbons (Fsp3) is 0.600. The van der Waals surface area contributed by atoms with Gasteiger partial charge in [-0.3, -0.25) is 14.5 Å². The minimum atomic E-state index is -0.479. The highest BCUT2D eigenvalue weighted by molar-refractivity contribution is 5.82. The van der Waals surface area contributed by atoms with Crippen molar-refractivity contribution in [1.82, 2.24) is 15.5 Å². The Morgan fingerprint density at radius 3 is 2.95 bits per heavy atom. The molecule has 3 rings (SSSR count). The molecule has 1 saturated heterocycles. The van der Waals surface area contributed by atoms with E-state index in [1.54, 1.807) is 12.3 Å². The molecule has 2 heterocycles. The molecular weight excluding hydrogens is 286 g/mol. The first-order valence-corrected chi connectivity index (χ1v) is 7.64. The molecule has 0 bridgehead atoms. The van der Waals surface area contributed by atoms with Crippen LogP contribution in [0.2, 0.25) is 0 Å². The highest BCUT2D eigenvalue weighted by atomic mass is 16.5. The predicted molar refractivity (Wildman–Crippen MR) is 77.9 cm³/mol. The van der Waals surface area contributed by atoms with E-state index in [0.29, 0.717) is 32.3 Å². The lowest BCUT2D eigenvalue weighted by atomic mass is 10.2. The zero-order valence-corrected chi connectivity index (χ0v) is 12.4. The van der Waals surface area contributed by atoms with Crippen LogP contribution in [0.1, 0.15) is 18.6 Å². The van der Waals surface area contributed by atoms with E-state index in [2.05, 4.69) is 10.6 Å². The van der Waals surface area contributed by atoms with Crippen molar-refractivity contribution in [3.63, 3.8) is 0 Å². The summed E-state index contributed by atoms with van der Waals surface area (Å²) in [5, 5.41) is 5.74. The maximum atomic E-state index is 12.0. The number of nitrogens with zero attached hydrogens (tertiary/aromatic N) is 1. The topological polar surface area (TPSA) is 83.8 Å². The van der Waals surface area contributed by atoms with Crippen LogP contribution < -0.4 is 10.6 Å². The normalized spacial score (nSPS) is 22.3. The third-order valence-electron chi connectivity index (χ3n) is 3.77. The maximum absolute atomic E-state index is 12.0. The molecule has 1 unspecified atom stereocenters. The lowest BCUT2D eigenvalue weighted by molar-refractivity contribution is -0.140. The van der Waals surface area contributed by atoms with Crippen molar-refractivity contribution in [3.8, 4) is 0 Å². The van der Waals surface area contributed by atoms with Crippen LogP contribution in [0, 0.1) is 0 Å². The predicted octanol–water partition coefficient (Wildman–Crippen LogP) is -0.125. The Hall–Kier alpha value is -1.86. The SMILES string of the molecule is O=C(CN1CCOC(C(=O)NC2CC2)C1)NCc1ccco1. The zero-order valence-electron chi connectivity index (χ0n) is 12.4. The molecule has 2 amide bonds. The maximum Gasteiger partial charge on any atom is 0.250 e. The molecule has 1 aliphatic carbocycles. The minimum absolute atomic E-state index is 0.0665. The van der Waals surface area contributed by atoms with Gasteiger partial charge in [-0.1, -0.05) is 0 Å². The highest BCUT2D eigenvalue weighted by Crippen LogP contribution is 2.19.